The maximum atomic E-state index is 12.7. The molecule has 40 heteroatoms. The first-order valence-electron chi connectivity index (χ1n) is 20.6. The quantitative estimate of drug-likeness (QED) is 0.0226. The lowest BCUT2D eigenvalue weighted by molar-refractivity contribution is -0.122. The van der Waals surface area contributed by atoms with E-state index < -0.39 is 102 Å². The fraction of sp³-hybridized carbons (Fsp3) is 0.211. The van der Waals surface area contributed by atoms with E-state index in [1.54, 1.807) is 13.8 Å². The molecule has 0 aliphatic heterocycles. The Morgan fingerprint density at radius 2 is 1.01 bits per heavy atom. The molecule has 0 radical (unpaired) electrons. The Hall–Kier alpha value is -6.51. The predicted octanol–water partition coefficient (Wildman–Crippen LogP) is 5.77. The molecule has 2 amide bonds. The second-order valence-corrected chi connectivity index (χ2v) is 20.3. The largest absolute Gasteiger partial charge is 0.505 e. The van der Waals surface area contributed by atoms with Crippen LogP contribution >= 0.6 is 60.4 Å². The van der Waals surface area contributed by atoms with E-state index in [0.717, 1.165) is 42.5 Å². The number of aromatic nitrogens is 6. The summed E-state index contributed by atoms with van der Waals surface area (Å²) < 4.78 is 131. The molecule has 4 aromatic carbocycles. The first kappa shape index (κ1) is 64.0. The molecule has 0 saturated heterocycles. The van der Waals surface area contributed by atoms with Crippen LogP contribution in [0.4, 0.5) is 63.6 Å². The van der Waals surface area contributed by atoms with Crippen molar-refractivity contribution in [1.29, 1.82) is 0 Å². The van der Waals surface area contributed by atoms with Crippen LogP contribution in [0.5, 0.6) is 5.75 Å². The molecule has 78 heavy (non-hydrogen) atoms. The predicted molar refractivity (Wildman–Crippen MR) is 299 cm³/mol. The number of halogens is 4. The van der Waals surface area contributed by atoms with Gasteiger partial charge in [0.1, 0.15) is 49.5 Å². The summed E-state index contributed by atoms with van der Waals surface area (Å²) in [6, 6.07) is 7.93. The number of nitrogens with zero attached hydrogens (tertiary/aromatic N) is 12. The number of phenolic OH excluding ortho intramolecular Hbond substituents is 1. The lowest BCUT2D eigenvalue weighted by atomic mass is 10.1. The third-order valence-corrected chi connectivity index (χ3v) is 13.3. The van der Waals surface area contributed by atoms with Gasteiger partial charge in [-0.3, -0.25) is 23.2 Å². The zero-order valence-electron chi connectivity index (χ0n) is 40.2. The number of anilines is 7. The van der Waals surface area contributed by atoms with Crippen LogP contribution in [0.1, 0.15) is 13.8 Å². The molecular formula is C38H39Cl2I2N17O15S4. The number of benzene rings is 4. The van der Waals surface area contributed by atoms with E-state index in [9.17, 15) is 53.6 Å². The fourth-order valence-electron chi connectivity index (χ4n) is 6.32. The number of amides is 2. The number of likely N-dealkylation sites (N-methyl/N-ethyl adjacent to an activating group) is 4. The normalized spacial score (nSPS) is 12.4. The highest BCUT2D eigenvalue weighted by Crippen LogP contribution is 2.46. The number of azo groups is 2. The van der Waals surface area contributed by atoms with E-state index in [1.807, 2.05) is 0 Å². The summed E-state index contributed by atoms with van der Waals surface area (Å²) in [7, 11) is -12.5. The number of nitrogens with two attached hydrogens (primary N) is 1. The summed E-state index contributed by atoms with van der Waals surface area (Å²) in [5.74, 6) is -2.01. The number of fused-ring (bicyclic) bond motifs is 1. The lowest BCUT2D eigenvalue weighted by Gasteiger charge is -2.23. The van der Waals surface area contributed by atoms with Gasteiger partial charge in [0.2, 0.25) is 46.2 Å². The Labute approximate surface area is 476 Å². The van der Waals surface area contributed by atoms with Gasteiger partial charge in [-0.2, -0.15) is 55.2 Å². The number of carbonyl (C=O) groups is 2. The molecule has 2 atom stereocenters. The highest BCUT2D eigenvalue weighted by molar-refractivity contribution is 15.0. The SMILES string of the molecule is CNC(=O)C(C)N(C)c1nc(Cl)nc(Nc2ccc(S(=O)(=O)O)c(N=Nc3ccc4cc(S(=O)(=O)O)c(N=Nc5cc(Nc6nc(Cl)nc(N(C)C(C)C(=O)NC)n6)ccc5S(=O)(=O)O)c(N)c4c3O)c2)n1.II.O=S(=O)=O. The molecule has 2 heterocycles. The summed E-state index contributed by atoms with van der Waals surface area (Å²) in [6.45, 7) is 3.14. The van der Waals surface area contributed by atoms with Gasteiger partial charge in [-0.15, -0.1) is 33.1 Å². The molecular weight excluding hydrogens is 1390 g/mol. The molecule has 6 aromatic rings. The van der Waals surface area contributed by atoms with Crippen LogP contribution in [0.25, 0.3) is 10.8 Å². The van der Waals surface area contributed by atoms with Crippen LogP contribution in [0, 0.1) is 0 Å². The van der Waals surface area contributed by atoms with Gasteiger partial charge in [-0.25, -0.2) is 0 Å². The Morgan fingerprint density at radius 3 is 1.40 bits per heavy atom. The van der Waals surface area contributed by atoms with Crippen LogP contribution in [0.3, 0.4) is 0 Å². The van der Waals surface area contributed by atoms with Gasteiger partial charge in [0.05, 0.1) is 11.1 Å². The molecule has 6 rings (SSSR count). The minimum atomic E-state index is -5.23. The number of nitrogen functional groups attached to an aromatic ring is 1. The van der Waals surface area contributed by atoms with Crippen LogP contribution in [0.15, 0.2) is 89.7 Å². The van der Waals surface area contributed by atoms with Gasteiger partial charge in [0.25, 0.3) is 30.4 Å². The standard InChI is InChI=1S/C38H39Cl2N17O12S3.I2.O3S/c1-16(31(59)42-3)56(5)37-48-33(39)46-35(50-37)44-19-8-11-24(70(61,62)63)22(14-19)53-52-21-10-7-18-13-26(72(67,68)69)29(28(41)27(18)30(21)58)55-54-23-15-20(9-12-25(23)71(64,65)66)45-36-47-34(40)49-38(51-36)57(6)17(2)32(60)43-4;1-2;1-4(2)3/h7-17,58H,41H2,1-6H3,(H,42,59)(H,43,60)(H,61,62,63)(H,64,65,66)(H,67,68,69)(H,44,46,48,50)(H,45,47,49,51);;. The number of hydrogen-bond acceptors (Lipinski definition) is 27. The topological polar surface area (TPSA) is 476 Å². The van der Waals surface area contributed by atoms with Crippen molar-refractivity contribution in [3.63, 3.8) is 0 Å². The summed E-state index contributed by atoms with van der Waals surface area (Å²) in [4.78, 5) is 49.2. The van der Waals surface area contributed by atoms with Crippen molar-refractivity contribution in [3.05, 3.63) is 65.2 Å². The monoisotopic (exact) mass is 1420 g/mol. The lowest BCUT2D eigenvalue weighted by Crippen LogP contribution is -2.42. The van der Waals surface area contributed by atoms with E-state index in [-0.39, 0.29) is 68.3 Å². The molecule has 10 N–H and O–H groups in total. The number of phenols is 1. The number of hydrogen-bond donors (Lipinski definition) is 9. The van der Waals surface area contributed by atoms with Crippen molar-refractivity contribution in [2.45, 2.75) is 40.6 Å². The number of aromatic hydroxyl groups is 1. The van der Waals surface area contributed by atoms with Gasteiger partial charge < -0.3 is 41.9 Å². The Balaban J connectivity index is 0.00000209. The summed E-state index contributed by atoms with van der Waals surface area (Å²) in [5, 5.41) is 36.5. The highest BCUT2D eigenvalue weighted by Gasteiger charge is 2.26. The summed E-state index contributed by atoms with van der Waals surface area (Å²) >= 11 is 16.5. The Morgan fingerprint density at radius 1 is 0.628 bits per heavy atom. The van der Waals surface area contributed by atoms with Crippen LogP contribution in [0.2, 0.25) is 10.6 Å². The van der Waals surface area contributed by atoms with Gasteiger partial charge >= 0.3 is 10.6 Å². The molecule has 2 aromatic heterocycles. The minimum Gasteiger partial charge on any atom is -0.505 e. The van der Waals surface area contributed by atoms with Crippen LogP contribution in [-0.2, 0) is 50.6 Å². The third kappa shape index (κ3) is 16.5. The van der Waals surface area contributed by atoms with E-state index in [0.29, 0.717) is 0 Å². The molecule has 418 valence electrons. The van der Waals surface area contributed by atoms with E-state index in [4.69, 9.17) is 41.6 Å². The minimum absolute atomic E-state index is 0.0135. The number of carbonyl (C=O) groups excluding carboxylic acids is 2. The Bertz CT molecular complexity index is 3840. The second kappa shape index (κ2) is 26.9. The zero-order valence-corrected chi connectivity index (χ0v) is 49.3. The number of rotatable bonds is 17. The Kier molecular flexibility index (Phi) is 22.1. The van der Waals surface area contributed by atoms with Crippen molar-refractivity contribution in [3.8, 4) is 5.75 Å². The molecule has 0 aliphatic carbocycles. The van der Waals surface area contributed by atoms with Crippen molar-refractivity contribution in [2.75, 3.05) is 54.4 Å². The van der Waals surface area contributed by atoms with Gasteiger partial charge in [-0.1, -0.05) is 6.07 Å². The van der Waals surface area contributed by atoms with Crippen molar-refractivity contribution >= 4 is 188 Å². The van der Waals surface area contributed by atoms with Crippen LogP contribution < -0.4 is 36.8 Å². The average molecular weight is 1430 g/mol. The van der Waals surface area contributed by atoms with Crippen molar-refractivity contribution < 1.29 is 66.2 Å². The highest BCUT2D eigenvalue weighted by atomic mass is 128. The maximum Gasteiger partial charge on any atom is 0.425 e. The molecule has 32 nitrogen and oxygen atoms in total. The average Bonchev–Trinajstić information content (AvgIpc) is 3.35. The zero-order chi connectivity index (χ0) is 58.8. The molecule has 2 unspecified atom stereocenters. The fourth-order valence-corrected chi connectivity index (χ4v) is 8.51. The third-order valence-electron chi connectivity index (χ3n) is 10.3. The molecule has 0 aliphatic rings. The summed E-state index contributed by atoms with van der Waals surface area (Å²) in [6.07, 6.45) is 0. The van der Waals surface area contributed by atoms with Gasteiger partial charge in [0, 0.05) is 76.8 Å². The van der Waals surface area contributed by atoms with Gasteiger partial charge in [-0.05, 0) is 91.0 Å². The van der Waals surface area contributed by atoms with Crippen LogP contribution in [-0.4, -0.2) is 139 Å². The maximum absolute atomic E-state index is 12.7. The van der Waals surface area contributed by atoms with E-state index in [1.165, 1.54) is 50.1 Å². The first-order valence-corrected chi connectivity index (χ1v) is 33.0. The second-order valence-electron chi connectivity index (χ2n) is 15.1. The molecule has 0 saturated carbocycles. The summed E-state index contributed by atoms with van der Waals surface area (Å²) in [5.41, 5.74) is 3.33. The molecule has 0 fully saturated rings. The van der Waals surface area contributed by atoms with E-state index >= 15 is 0 Å². The first-order chi connectivity index (χ1) is 36.3. The molecule has 0 spiro atoms. The molecule has 0 bridgehead atoms. The van der Waals surface area contributed by atoms with Crippen molar-refractivity contribution in [1.82, 2.24) is 40.5 Å². The number of nitrogens with one attached hydrogen (secondary N) is 4. The van der Waals surface area contributed by atoms with Gasteiger partial charge in [0.15, 0.2) is 5.75 Å². The van der Waals surface area contributed by atoms with Crippen molar-refractivity contribution in [2.24, 2.45) is 20.5 Å². The smallest absolute Gasteiger partial charge is 0.425 e. The van der Waals surface area contributed by atoms with E-state index in [2.05, 4.69) is 109 Å².